The van der Waals surface area contributed by atoms with Crippen LogP contribution in [0, 0.1) is 5.92 Å². The first-order valence-electron chi connectivity index (χ1n) is 7.58. The van der Waals surface area contributed by atoms with Crippen LogP contribution >= 0.6 is 0 Å². The molecular weight excluding hydrogens is 260 g/mol. The first-order chi connectivity index (χ1) is 10.3. The van der Waals surface area contributed by atoms with Crippen LogP contribution in [0.4, 0.5) is 0 Å². The van der Waals surface area contributed by atoms with Crippen molar-refractivity contribution < 1.29 is 9.90 Å². The molecule has 0 radical (unpaired) electrons. The number of carboxylic acids is 1. The maximum Gasteiger partial charge on any atom is 0.0445 e. The van der Waals surface area contributed by atoms with Crippen molar-refractivity contribution in [3.63, 3.8) is 0 Å². The fourth-order valence-electron chi connectivity index (χ4n) is 2.60. The van der Waals surface area contributed by atoms with Crippen molar-refractivity contribution in [2.75, 3.05) is 0 Å². The third-order valence-electron chi connectivity index (χ3n) is 3.82. The second kappa shape index (κ2) is 8.25. The van der Waals surface area contributed by atoms with E-state index in [0.29, 0.717) is 0 Å². The Kier molecular flexibility index (Phi) is 6.01. The summed E-state index contributed by atoms with van der Waals surface area (Å²) in [6.45, 7) is 0. The molecule has 0 bridgehead atoms. The van der Waals surface area contributed by atoms with Gasteiger partial charge in [-0.25, -0.2) is 0 Å². The summed E-state index contributed by atoms with van der Waals surface area (Å²) in [4.78, 5) is 10.2. The molecule has 0 unspecified atom stereocenters. The number of carbonyl (C=O) groups excluding carboxylic acids is 1. The Morgan fingerprint density at radius 2 is 1.19 bits per heavy atom. The molecule has 1 saturated carbocycles. The van der Waals surface area contributed by atoms with Crippen LogP contribution < -0.4 is 5.11 Å². The van der Waals surface area contributed by atoms with Crippen molar-refractivity contribution in [3.8, 4) is 11.1 Å². The normalized spacial score (nSPS) is 14.9. The molecule has 21 heavy (non-hydrogen) atoms. The van der Waals surface area contributed by atoms with Gasteiger partial charge in [0.1, 0.15) is 0 Å². The molecule has 1 aliphatic rings. The molecule has 0 N–H and O–H groups in total. The van der Waals surface area contributed by atoms with Crippen LogP contribution in [-0.2, 0) is 4.79 Å². The summed E-state index contributed by atoms with van der Waals surface area (Å²) in [5.74, 6) is -0.992. The Bertz CT molecular complexity index is 491. The van der Waals surface area contributed by atoms with E-state index in [1.807, 2.05) is 12.1 Å². The van der Waals surface area contributed by atoms with E-state index in [4.69, 9.17) is 0 Å². The summed E-state index contributed by atoms with van der Waals surface area (Å²) in [5, 5.41) is 10.2. The lowest BCUT2D eigenvalue weighted by Gasteiger charge is -2.21. The standard InChI is InChI=1S/C12H10.C7H12O2/c1-3-7-11(8-4-1)12-9-5-2-6-10-12;8-7(9)6-4-2-1-3-5-6/h1-10H;6H,1-5H2,(H,8,9)/p-1. The zero-order chi connectivity index (χ0) is 14.9. The fourth-order valence-corrected chi connectivity index (χ4v) is 2.60. The quantitative estimate of drug-likeness (QED) is 0.842. The monoisotopic (exact) mass is 281 g/mol. The molecule has 1 fully saturated rings. The first-order valence-corrected chi connectivity index (χ1v) is 7.58. The van der Waals surface area contributed by atoms with Gasteiger partial charge in [0.15, 0.2) is 0 Å². The lowest BCUT2D eigenvalue weighted by atomic mass is 9.90. The molecule has 0 saturated heterocycles. The van der Waals surface area contributed by atoms with E-state index in [9.17, 15) is 9.90 Å². The Morgan fingerprint density at radius 3 is 1.52 bits per heavy atom. The lowest BCUT2D eigenvalue weighted by Crippen LogP contribution is -2.32. The summed E-state index contributed by atoms with van der Waals surface area (Å²) in [7, 11) is 0. The Hall–Kier alpha value is -2.09. The number of hydrogen-bond acceptors (Lipinski definition) is 2. The van der Waals surface area contributed by atoms with Gasteiger partial charge in [0.05, 0.1) is 0 Å². The van der Waals surface area contributed by atoms with E-state index in [0.717, 1.165) is 25.7 Å². The minimum absolute atomic E-state index is 0.140. The van der Waals surface area contributed by atoms with Crippen LogP contribution in [0.3, 0.4) is 0 Å². The van der Waals surface area contributed by atoms with Crippen molar-refractivity contribution in [2.45, 2.75) is 32.1 Å². The van der Waals surface area contributed by atoms with Gasteiger partial charge in [-0.05, 0) is 29.9 Å². The summed E-state index contributed by atoms with van der Waals surface area (Å²) < 4.78 is 0. The van der Waals surface area contributed by atoms with E-state index in [1.54, 1.807) is 0 Å². The Balaban J connectivity index is 0.000000161. The maximum atomic E-state index is 10.2. The van der Waals surface area contributed by atoms with Crippen LogP contribution in [0.25, 0.3) is 11.1 Å². The molecule has 0 amide bonds. The van der Waals surface area contributed by atoms with Crippen LogP contribution in [0.2, 0.25) is 0 Å². The number of rotatable bonds is 2. The van der Waals surface area contributed by atoms with Crippen LogP contribution in [0.1, 0.15) is 32.1 Å². The predicted molar refractivity (Wildman–Crippen MR) is 83.5 cm³/mol. The molecule has 0 heterocycles. The number of hydrogen-bond donors (Lipinski definition) is 0. The average molecular weight is 281 g/mol. The van der Waals surface area contributed by atoms with E-state index in [1.165, 1.54) is 17.5 Å². The van der Waals surface area contributed by atoms with Gasteiger partial charge in [-0.15, -0.1) is 0 Å². The zero-order valence-electron chi connectivity index (χ0n) is 12.2. The van der Waals surface area contributed by atoms with Crippen molar-refractivity contribution in [3.05, 3.63) is 60.7 Å². The maximum absolute atomic E-state index is 10.2. The highest BCUT2D eigenvalue weighted by atomic mass is 16.4. The topological polar surface area (TPSA) is 40.1 Å². The molecule has 0 aromatic heterocycles. The molecule has 0 aliphatic heterocycles. The third kappa shape index (κ3) is 5.07. The number of carbonyl (C=O) groups is 1. The second-order valence-electron chi connectivity index (χ2n) is 5.39. The predicted octanol–water partition coefficient (Wildman–Crippen LogP) is 3.67. The fraction of sp³-hybridized carbons (Fsp3) is 0.316. The largest absolute Gasteiger partial charge is 0.550 e. The van der Waals surface area contributed by atoms with Crippen LogP contribution in [0.15, 0.2) is 60.7 Å². The molecule has 2 nitrogen and oxygen atoms in total. The first kappa shape index (κ1) is 15.3. The molecule has 0 spiro atoms. The summed E-state index contributed by atoms with van der Waals surface area (Å²) in [6.07, 6.45) is 5.01. The minimum atomic E-state index is -0.852. The molecule has 3 rings (SSSR count). The van der Waals surface area contributed by atoms with Gasteiger partial charge in [-0.1, -0.05) is 79.9 Å². The van der Waals surface area contributed by atoms with Gasteiger partial charge < -0.3 is 9.90 Å². The summed E-state index contributed by atoms with van der Waals surface area (Å²) in [6, 6.07) is 20.8. The van der Waals surface area contributed by atoms with Gasteiger partial charge in [-0.2, -0.15) is 0 Å². The van der Waals surface area contributed by atoms with Gasteiger partial charge in [-0.3, -0.25) is 0 Å². The smallest absolute Gasteiger partial charge is 0.0445 e. The molecule has 1 aliphatic carbocycles. The lowest BCUT2D eigenvalue weighted by molar-refractivity contribution is -0.312. The highest BCUT2D eigenvalue weighted by molar-refractivity contribution is 5.67. The van der Waals surface area contributed by atoms with Crippen molar-refractivity contribution >= 4 is 5.97 Å². The minimum Gasteiger partial charge on any atom is -0.550 e. The van der Waals surface area contributed by atoms with E-state index >= 15 is 0 Å². The van der Waals surface area contributed by atoms with Crippen molar-refractivity contribution in [1.82, 2.24) is 0 Å². The van der Waals surface area contributed by atoms with E-state index in [-0.39, 0.29) is 5.92 Å². The number of benzene rings is 2. The third-order valence-corrected chi connectivity index (χ3v) is 3.82. The second-order valence-corrected chi connectivity index (χ2v) is 5.39. The van der Waals surface area contributed by atoms with Gasteiger partial charge in [0.2, 0.25) is 0 Å². The van der Waals surface area contributed by atoms with Gasteiger partial charge >= 0.3 is 0 Å². The molecule has 0 atom stereocenters. The van der Waals surface area contributed by atoms with Gasteiger partial charge in [0.25, 0.3) is 0 Å². The Morgan fingerprint density at radius 1 is 0.762 bits per heavy atom. The highest BCUT2D eigenvalue weighted by Crippen LogP contribution is 2.22. The molecule has 2 heteroatoms. The average Bonchev–Trinajstić information content (AvgIpc) is 2.58. The molecule has 2 aromatic rings. The molecule has 110 valence electrons. The molecular formula is C19H21O2-. The van der Waals surface area contributed by atoms with Gasteiger partial charge in [0, 0.05) is 5.97 Å². The van der Waals surface area contributed by atoms with E-state index < -0.39 is 5.97 Å². The van der Waals surface area contributed by atoms with Crippen molar-refractivity contribution in [1.29, 1.82) is 0 Å². The van der Waals surface area contributed by atoms with Crippen molar-refractivity contribution in [2.24, 2.45) is 5.92 Å². The number of carboxylic acid groups (broad SMARTS) is 1. The zero-order valence-corrected chi connectivity index (χ0v) is 12.2. The number of aliphatic carboxylic acids is 1. The van der Waals surface area contributed by atoms with E-state index in [2.05, 4.69) is 48.5 Å². The van der Waals surface area contributed by atoms with Crippen LogP contribution in [-0.4, -0.2) is 5.97 Å². The summed E-state index contributed by atoms with van der Waals surface area (Å²) in [5.41, 5.74) is 2.55. The van der Waals surface area contributed by atoms with Crippen LogP contribution in [0.5, 0.6) is 0 Å². The Labute approximate surface area is 126 Å². The molecule has 2 aromatic carbocycles. The highest BCUT2D eigenvalue weighted by Gasteiger charge is 2.13. The summed E-state index contributed by atoms with van der Waals surface area (Å²) >= 11 is 0. The SMILES string of the molecule is O=C([O-])C1CCCCC1.c1ccc(-c2ccccc2)cc1.